The number of rotatable bonds is 7. The molecule has 0 aliphatic carbocycles. The smallest absolute Gasteiger partial charge is 0.407 e. The lowest BCUT2D eigenvalue weighted by Crippen LogP contribution is -2.32. The van der Waals surface area contributed by atoms with Crippen LogP contribution in [0.5, 0.6) is 11.5 Å². The topological polar surface area (TPSA) is 70.6 Å². The molecule has 1 amide bonds. The second-order valence-corrected chi connectivity index (χ2v) is 10.4. The molecule has 0 bridgehead atoms. The van der Waals surface area contributed by atoms with E-state index in [2.05, 4.69) is 5.32 Å². The zero-order valence-electron chi connectivity index (χ0n) is 16.3. The molecule has 1 N–H and O–H groups in total. The van der Waals surface area contributed by atoms with Crippen LogP contribution in [0.25, 0.3) is 0 Å². The predicted octanol–water partition coefficient (Wildman–Crippen LogP) is 4.73. The Balaban J connectivity index is 1.49. The number of ether oxygens (including phenoxy) is 2. The highest BCUT2D eigenvalue weighted by Crippen LogP contribution is 2.33. The van der Waals surface area contributed by atoms with E-state index < -0.39 is 22.9 Å². The van der Waals surface area contributed by atoms with Crippen molar-refractivity contribution in [2.45, 2.75) is 43.1 Å². The van der Waals surface area contributed by atoms with Crippen molar-refractivity contribution in [2.24, 2.45) is 0 Å². The molecule has 0 spiro atoms. The average molecular weight is 420 g/mol. The Labute approximate surface area is 173 Å². The van der Waals surface area contributed by atoms with Gasteiger partial charge in [-0.15, -0.1) is 0 Å². The molecular weight excluding hydrogens is 394 g/mol. The minimum atomic E-state index is -0.943. The van der Waals surface area contributed by atoms with Crippen LogP contribution in [0.1, 0.15) is 26.3 Å². The molecule has 3 rings (SSSR count). The van der Waals surface area contributed by atoms with Crippen molar-refractivity contribution in [1.82, 2.24) is 5.32 Å². The largest absolute Gasteiger partial charge is 0.611 e. The molecule has 28 heavy (non-hydrogen) atoms. The Morgan fingerprint density at radius 1 is 1.14 bits per heavy atom. The maximum Gasteiger partial charge on any atom is 0.407 e. The van der Waals surface area contributed by atoms with Crippen LogP contribution in [-0.4, -0.2) is 33.0 Å². The summed E-state index contributed by atoms with van der Waals surface area (Å²) in [7, 11) is 0. The number of hydrogen-bond acceptors (Lipinski definition) is 5. The molecule has 150 valence electrons. The van der Waals surface area contributed by atoms with Crippen LogP contribution < -0.4 is 10.1 Å². The summed E-state index contributed by atoms with van der Waals surface area (Å²) in [5, 5.41) is 3.28. The summed E-state index contributed by atoms with van der Waals surface area (Å²) in [6.45, 7) is 5.87. The third-order valence-electron chi connectivity index (χ3n) is 3.82. The summed E-state index contributed by atoms with van der Waals surface area (Å²) >= 11 is 0.914. The van der Waals surface area contributed by atoms with Gasteiger partial charge in [0.25, 0.3) is 0 Å². The molecule has 2 atom stereocenters. The van der Waals surface area contributed by atoms with Crippen LogP contribution in [0.15, 0.2) is 53.4 Å². The van der Waals surface area contributed by atoms with E-state index >= 15 is 0 Å². The van der Waals surface area contributed by atoms with Crippen molar-refractivity contribution in [3.63, 3.8) is 0 Å². The number of carbonyl (C=O) groups excluding carboxylic acids is 1. The van der Waals surface area contributed by atoms with Crippen molar-refractivity contribution in [3.8, 4) is 11.5 Å². The van der Waals surface area contributed by atoms with E-state index in [-0.39, 0.29) is 0 Å². The summed E-state index contributed by atoms with van der Waals surface area (Å²) < 4.78 is 23.3. The number of carbonyl (C=O) groups is 1. The van der Waals surface area contributed by atoms with Gasteiger partial charge in [-0.3, -0.25) is 0 Å². The molecule has 2 aromatic carbocycles. The van der Waals surface area contributed by atoms with Crippen LogP contribution >= 0.6 is 11.8 Å². The molecule has 2 aromatic rings. The molecule has 0 aromatic heterocycles. The first-order chi connectivity index (χ1) is 13.3. The van der Waals surface area contributed by atoms with E-state index in [9.17, 15) is 9.35 Å². The summed E-state index contributed by atoms with van der Waals surface area (Å²) in [5.74, 6) is 3.24. The van der Waals surface area contributed by atoms with Crippen molar-refractivity contribution in [3.05, 3.63) is 54.1 Å². The lowest BCUT2D eigenvalue weighted by atomic mass is 10.2. The SMILES string of the molecule is CC(C)(C)OC(=O)NCc1ccc(Oc2ccc([S+]([O-])CC3CS3)cc2)cc1. The van der Waals surface area contributed by atoms with Gasteiger partial charge in [-0.05, 0) is 73.9 Å². The van der Waals surface area contributed by atoms with Crippen LogP contribution in [0.2, 0.25) is 0 Å². The van der Waals surface area contributed by atoms with Crippen LogP contribution in [-0.2, 0) is 22.5 Å². The highest BCUT2D eigenvalue weighted by Gasteiger charge is 2.29. The molecule has 7 heteroatoms. The first-order valence-electron chi connectivity index (χ1n) is 9.12. The van der Waals surface area contributed by atoms with E-state index in [1.165, 1.54) is 0 Å². The zero-order chi connectivity index (χ0) is 20.1. The van der Waals surface area contributed by atoms with Crippen LogP contribution in [0, 0.1) is 0 Å². The molecule has 0 radical (unpaired) electrons. The minimum absolute atomic E-state index is 0.384. The molecule has 2 unspecified atom stereocenters. The highest BCUT2D eigenvalue weighted by molar-refractivity contribution is 8.08. The minimum Gasteiger partial charge on any atom is -0.611 e. The van der Waals surface area contributed by atoms with Gasteiger partial charge in [0.2, 0.25) is 0 Å². The third kappa shape index (κ3) is 6.96. The molecule has 1 aliphatic heterocycles. The molecule has 5 nitrogen and oxygen atoms in total. The molecule has 0 saturated carbocycles. The molecule has 1 saturated heterocycles. The fourth-order valence-electron chi connectivity index (χ4n) is 2.39. The van der Waals surface area contributed by atoms with Gasteiger partial charge in [0.15, 0.2) is 4.90 Å². The van der Waals surface area contributed by atoms with Crippen molar-refractivity contribution in [1.29, 1.82) is 0 Å². The summed E-state index contributed by atoms with van der Waals surface area (Å²) in [6.07, 6.45) is -0.439. The van der Waals surface area contributed by atoms with Gasteiger partial charge in [-0.2, -0.15) is 11.8 Å². The lowest BCUT2D eigenvalue weighted by molar-refractivity contribution is 0.0523. The van der Waals surface area contributed by atoms with Crippen LogP contribution in [0.4, 0.5) is 4.79 Å². The molecule has 1 aliphatic rings. The summed E-state index contributed by atoms with van der Waals surface area (Å²) in [4.78, 5) is 12.5. The number of alkyl carbamates (subject to hydrolysis) is 1. The number of benzene rings is 2. The monoisotopic (exact) mass is 419 g/mol. The maximum absolute atomic E-state index is 12.2. The Hall–Kier alpha value is -1.83. The van der Waals surface area contributed by atoms with E-state index in [1.54, 1.807) is 0 Å². The van der Waals surface area contributed by atoms with Crippen molar-refractivity contribution >= 4 is 29.0 Å². The Kier molecular flexibility index (Phi) is 6.80. The quantitative estimate of drug-likeness (QED) is 0.519. The maximum atomic E-state index is 12.2. The van der Waals surface area contributed by atoms with Crippen LogP contribution in [0.3, 0.4) is 0 Å². The Bertz CT molecular complexity index is 784. The Morgan fingerprint density at radius 2 is 1.71 bits per heavy atom. The van der Waals surface area contributed by atoms with Gasteiger partial charge in [-0.25, -0.2) is 4.79 Å². The number of nitrogens with one attached hydrogen (secondary N) is 1. The number of hydrogen-bond donors (Lipinski definition) is 1. The van der Waals surface area contributed by atoms with Gasteiger partial charge < -0.3 is 19.3 Å². The van der Waals surface area contributed by atoms with E-state index in [0.29, 0.717) is 23.3 Å². The molecular formula is C21H25NO4S2. The predicted molar refractivity (Wildman–Crippen MR) is 114 cm³/mol. The van der Waals surface area contributed by atoms with E-state index in [4.69, 9.17) is 9.47 Å². The zero-order valence-corrected chi connectivity index (χ0v) is 17.9. The first-order valence-corrected chi connectivity index (χ1v) is 11.5. The lowest BCUT2D eigenvalue weighted by Gasteiger charge is -2.19. The average Bonchev–Trinajstić information content (AvgIpc) is 3.44. The normalized spacial score (nSPS) is 16.9. The third-order valence-corrected chi connectivity index (χ3v) is 6.51. The van der Waals surface area contributed by atoms with Gasteiger partial charge in [0.05, 0.1) is 5.25 Å². The van der Waals surface area contributed by atoms with Crippen molar-refractivity contribution < 1.29 is 18.8 Å². The van der Waals surface area contributed by atoms with E-state index in [1.807, 2.05) is 81.1 Å². The second kappa shape index (κ2) is 9.11. The van der Waals surface area contributed by atoms with Gasteiger partial charge in [-0.1, -0.05) is 12.1 Å². The van der Waals surface area contributed by atoms with Gasteiger partial charge >= 0.3 is 6.09 Å². The summed E-state index contributed by atoms with van der Waals surface area (Å²) in [5.41, 5.74) is 0.433. The summed E-state index contributed by atoms with van der Waals surface area (Å²) in [6, 6.07) is 14.9. The number of amides is 1. The number of thioether (sulfide) groups is 1. The fourth-order valence-corrected chi connectivity index (χ4v) is 4.64. The molecule has 1 fully saturated rings. The Morgan fingerprint density at radius 3 is 2.25 bits per heavy atom. The first kappa shape index (κ1) is 20.9. The van der Waals surface area contributed by atoms with Gasteiger partial charge in [0.1, 0.15) is 22.9 Å². The second-order valence-electron chi connectivity index (χ2n) is 7.54. The van der Waals surface area contributed by atoms with E-state index in [0.717, 1.165) is 22.0 Å². The standard InChI is InChI=1S/C21H25NO4S2/c1-21(2,3)26-20(23)22-12-15-4-6-16(7-5-15)25-17-8-10-19(11-9-17)28(24)14-18-13-27-18/h4-11,18H,12-14H2,1-3H3,(H,22,23). The highest BCUT2D eigenvalue weighted by atomic mass is 32.2. The fraction of sp³-hybridized carbons (Fsp3) is 0.381. The van der Waals surface area contributed by atoms with Crippen molar-refractivity contribution in [2.75, 3.05) is 11.5 Å². The molecule has 1 heterocycles. The van der Waals surface area contributed by atoms with Gasteiger partial charge in [0, 0.05) is 12.3 Å².